The third kappa shape index (κ3) is 5.71. The highest BCUT2D eigenvalue weighted by atomic mass is 79.9. The van der Waals surface area contributed by atoms with Crippen LogP contribution in [0.3, 0.4) is 0 Å². The number of halogens is 2. The molecule has 29 heavy (non-hydrogen) atoms. The third-order valence-corrected chi connectivity index (χ3v) is 5.33. The second kappa shape index (κ2) is 9.76. The minimum Gasteiger partial charge on any atom is -0.454 e. The van der Waals surface area contributed by atoms with Gasteiger partial charge in [-0.15, -0.1) is 0 Å². The van der Waals surface area contributed by atoms with Crippen molar-refractivity contribution < 1.29 is 19.1 Å². The Labute approximate surface area is 181 Å². The number of nitrogens with one attached hydrogen (secondary N) is 2. The van der Waals surface area contributed by atoms with Gasteiger partial charge in [-0.3, -0.25) is 9.59 Å². The van der Waals surface area contributed by atoms with Crippen molar-refractivity contribution in [1.29, 1.82) is 0 Å². The van der Waals surface area contributed by atoms with E-state index in [0.717, 1.165) is 15.6 Å². The zero-order chi connectivity index (χ0) is 20.8. The SMILES string of the molecule is Cc1c(Cl)cccc1NC(=O)CCCC(=O)N/N=C\c1cc2c(cc1Br)OCO2. The van der Waals surface area contributed by atoms with E-state index in [1.54, 1.807) is 30.3 Å². The summed E-state index contributed by atoms with van der Waals surface area (Å²) in [7, 11) is 0. The Morgan fingerprint density at radius 2 is 1.93 bits per heavy atom. The number of amides is 2. The van der Waals surface area contributed by atoms with Crippen LogP contribution in [-0.4, -0.2) is 24.8 Å². The van der Waals surface area contributed by atoms with Crippen molar-refractivity contribution in [2.75, 3.05) is 12.1 Å². The van der Waals surface area contributed by atoms with Gasteiger partial charge in [-0.2, -0.15) is 5.10 Å². The lowest BCUT2D eigenvalue weighted by Gasteiger charge is -2.09. The number of fused-ring (bicyclic) bond motifs is 1. The first-order valence-corrected chi connectivity index (χ1v) is 10.1. The average molecular weight is 481 g/mol. The van der Waals surface area contributed by atoms with Gasteiger partial charge in [0.15, 0.2) is 11.5 Å². The van der Waals surface area contributed by atoms with E-state index in [2.05, 4.69) is 31.8 Å². The number of carbonyl (C=O) groups is 2. The molecule has 0 saturated heterocycles. The average Bonchev–Trinajstić information content (AvgIpc) is 3.12. The van der Waals surface area contributed by atoms with E-state index >= 15 is 0 Å². The van der Waals surface area contributed by atoms with Gasteiger partial charge < -0.3 is 14.8 Å². The minimum absolute atomic E-state index is 0.170. The molecule has 0 saturated carbocycles. The lowest BCUT2D eigenvalue weighted by atomic mass is 10.2. The van der Waals surface area contributed by atoms with E-state index in [0.29, 0.717) is 28.6 Å². The lowest BCUT2D eigenvalue weighted by Crippen LogP contribution is -2.18. The zero-order valence-electron chi connectivity index (χ0n) is 15.6. The molecule has 2 amide bonds. The molecule has 0 aliphatic carbocycles. The molecule has 0 spiro atoms. The largest absolute Gasteiger partial charge is 0.454 e. The number of benzene rings is 2. The van der Waals surface area contributed by atoms with Crippen LogP contribution in [0.5, 0.6) is 11.5 Å². The van der Waals surface area contributed by atoms with Crippen molar-refractivity contribution >= 4 is 51.2 Å². The second-order valence-corrected chi connectivity index (χ2v) is 7.60. The van der Waals surface area contributed by atoms with Gasteiger partial charge in [-0.25, -0.2) is 5.43 Å². The standard InChI is InChI=1S/C20H19BrClN3O4/c1-12-15(22)4-2-5-16(12)24-19(26)6-3-7-20(27)25-23-10-13-8-17-18(9-14(13)21)29-11-28-17/h2,4-5,8-10H,3,6-7,11H2,1H3,(H,24,26)(H,25,27)/b23-10-. The maximum atomic E-state index is 12.0. The number of hydrogen-bond donors (Lipinski definition) is 2. The van der Waals surface area contributed by atoms with E-state index in [4.69, 9.17) is 21.1 Å². The number of ether oxygens (including phenoxy) is 2. The van der Waals surface area contributed by atoms with Gasteiger partial charge in [0.25, 0.3) is 0 Å². The maximum Gasteiger partial charge on any atom is 0.240 e. The Bertz CT molecular complexity index is 965. The highest BCUT2D eigenvalue weighted by Crippen LogP contribution is 2.36. The zero-order valence-corrected chi connectivity index (χ0v) is 18.0. The molecule has 1 heterocycles. The molecule has 2 aromatic carbocycles. The van der Waals surface area contributed by atoms with Crippen LogP contribution in [0.25, 0.3) is 0 Å². The Morgan fingerprint density at radius 3 is 2.72 bits per heavy atom. The van der Waals surface area contributed by atoms with Gasteiger partial charge in [0, 0.05) is 33.6 Å². The predicted molar refractivity (Wildman–Crippen MR) is 115 cm³/mol. The Morgan fingerprint density at radius 1 is 1.21 bits per heavy atom. The van der Waals surface area contributed by atoms with Crippen LogP contribution in [0.4, 0.5) is 5.69 Å². The summed E-state index contributed by atoms with van der Waals surface area (Å²) in [6, 6.07) is 8.87. The van der Waals surface area contributed by atoms with Crippen LogP contribution in [-0.2, 0) is 9.59 Å². The first-order valence-electron chi connectivity index (χ1n) is 8.90. The molecule has 0 aromatic heterocycles. The third-order valence-electron chi connectivity index (χ3n) is 4.23. The fourth-order valence-corrected chi connectivity index (χ4v) is 3.23. The monoisotopic (exact) mass is 479 g/mol. The van der Waals surface area contributed by atoms with Crippen LogP contribution < -0.4 is 20.2 Å². The molecule has 0 atom stereocenters. The molecule has 1 aliphatic heterocycles. The minimum atomic E-state index is -0.273. The summed E-state index contributed by atoms with van der Waals surface area (Å²) in [6.45, 7) is 2.02. The summed E-state index contributed by atoms with van der Waals surface area (Å²) >= 11 is 9.46. The Kier molecular flexibility index (Phi) is 7.11. The quantitative estimate of drug-likeness (QED) is 0.454. The van der Waals surface area contributed by atoms with Gasteiger partial charge in [0.1, 0.15) is 0 Å². The highest BCUT2D eigenvalue weighted by Gasteiger charge is 2.15. The van der Waals surface area contributed by atoms with E-state index in [1.165, 1.54) is 6.21 Å². The first-order chi connectivity index (χ1) is 13.9. The lowest BCUT2D eigenvalue weighted by molar-refractivity contribution is -0.121. The molecule has 0 bridgehead atoms. The van der Waals surface area contributed by atoms with Gasteiger partial charge in [-0.1, -0.05) is 17.7 Å². The Balaban J connectivity index is 1.42. The van der Waals surface area contributed by atoms with Crippen molar-refractivity contribution in [2.24, 2.45) is 5.10 Å². The molecule has 2 N–H and O–H groups in total. The van der Waals surface area contributed by atoms with Crippen molar-refractivity contribution in [2.45, 2.75) is 26.2 Å². The summed E-state index contributed by atoms with van der Waals surface area (Å²) < 4.78 is 11.4. The fourth-order valence-electron chi connectivity index (χ4n) is 2.63. The van der Waals surface area contributed by atoms with Gasteiger partial charge in [-0.05, 0) is 59.1 Å². The van der Waals surface area contributed by atoms with E-state index in [9.17, 15) is 9.59 Å². The molecule has 152 valence electrons. The maximum absolute atomic E-state index is 12.0. The number of nitrogens with zero attached hydrogens (tertiary/aromatic N) is 1. The first kappa shape index (κ1) is 21.1. The predicted octanol–water partition coefficient (Wildman–Crippen LogP) is 4.40. The van der Waals surface area contributed by atoms with Crippen LogP contribution in [0.2, 0.25) is 5.02 Å². The molecule has 7 nitrogen and oxygen atoms in total. The normalized spacial score (nSPS) is 12.2. The van der Waals surface area contributed by atoms with Gasteiger partial charge >= 0.3 is 0 Å². The van der Waals surface area contributed by atoms with E-state index < -0.39 is 0 Å². The van der Waals surface area contributed by atoms with Gasteiger partial charge in [0.05, 0.1) is 6.21 Å². The molecule has 0 fully saturated rings. The molecule has 1 aliphatic rings. The number of hydrazone groups is 1. The number of rotatable bonds is 7. The Hall–Kier alpha value is -2.58. The summed E-state index contributed by atoms with van der Waals surface area (Å²) in [5.74, 6) is 0.840. The van der Waals surface area contributed by atoms with Crippen LogP contribution in [0, 0.1) is 6.92 Å². The summed E-state index contributed by atoms with van der Waals surface area (Å²) in [6.07, 6.45) is 2.32. The smallest absolute Gasteiger partial charge is 0.240 e. The molecule has 0 unspecified atom stereocenters. The topological polar surface area (TPSA) is 89.0 Å². The molecule has 0 radical (unpaired) electrons. The molecule has 3 rings (SSSR count). The van der Waals surface area contributed by atoms with E-state index in [1.807, 2.05) is 6.92 Å². The number of carbonyl (C=O) groups excluding carboxylic acids is 2. The van der Waals surface area contributed by atoms with Gasteiger partial charge in [0.2, 0.25) is 18.6 Å². The number of anilines is 1. The highest BCUT2D eigenvalue weighted by molar-refractivity contribution is 9.10. The van der Waals surface area contributed by atoms with Crippen molar-refractivity contribution in [3.8, 4) is 11.5 Å². The second-order valence-electron chi connectivity index (χ2n) is 6.33. The summed E-state index contributed by atoms with van der Waals surface area (Å²) in [4.78, 5) is 24.0. The summed E-state index contributed by atoms with van der Waals surface area (Å²) in [5.41, 5.74) is 4.68. The molecular formula is C20H19BrClN3O4. The molecule has 9 heteroatoms. The number of hydrogen-bond acceptors (Lipinski definition) is 5. The van der Waals surface area contributed by atoms with Crippen LogP contribution >= 0.6 is 27.5 Å². The van der Waals surface area contributed by atoms with E-state index in [-0.39, 0.29) is 31.4 Å². The summed E-state index contributed by atoms with van der Waals surface area (Å²) in [5, 5.41) is 7.34. The van der Waals surface area contributed by atoms with Crippen molar-refractivity contribution in [3.63, 3.8) is 0 Å². The van der Waals surface area contributed by atoms with Crippen LogP contribution in [0.1, 0.15) is 30.4 Å². The van der Waals surface area contributed by atoms with Crippen molar-refractivity contribution in [1.82, 2.24) is 5.43 Å². The molecule has 2 aromatic rings. The van der Waals surface area contributed by atoms with Crippen LogP contribution in [0.15, 0.2) is 39.9 Å². The fraction of sp³-hybridized carbons (Fsp3) is 0.250. The van der Waals surface area contributed by atoms with Crippen molar-refractivity contribution in [3.05, 3.63) is 51.0 Å². The molecular weight excluding hydrogens is 462 g/mol.